The summed E-state index contributed by atoms with van der Waals surface area (Å²) in [6, 6.07) is 12.8. The normalized spacial score (nSPS) is 11.0. The van der Waals surface area contributed by atoms with Crippen molar-refractivity contribution in [2.24, 2.45) is 5.10 Å². The van der Waals surface area contributed by atoms with Crippen molar-refractivity contribution in [2.75, 3.05) is 7.11 Å². The number of benzene rings is 2. The molecular weight excluding hydrogens is 420 g/mol. The van der Waals surface area contributed by atoms with Gasteiger partial charge in [-0.1, -0.05) is 18.2 Å². The topological polar surface area (TPSA) is 84.7 Å². The number of para-hydroxylation sites is 1. The molecule has 0 spiro atoms. The summed E-state index contributed by atoms with van der Waals surface area (Å²) < 4.78 is 13.0. The average Bonchev–Trinajstić information content (AvgIpc) is 3.02. The summed E-state index contributed by atoms with van der Waals surface area (Å²) >= 11 is 8.54. The molecule has 3 rings (SSSR count). The Bertz CT molecular complexity index is 985. The fourth-order valence-electron chi connectivity index (χ4n) is 2.15. The van der Waals surface area contributed by atoms with Crippen LogP contribution in [-0.2, 0) is 6.61 Å². The molecule has 9 heteroatoms. The predicted molar refractivity (Wildman–Crippen MR) is 104 cm³/mol. The van der Waals surface area contributed by atoms with E-state index in [1.807, 2.05) is 30.3 Å². The summed E-state index contributed by atoms with van der Waals surface area (Å²) in [6.07, 6.45) is 1.56. The van der Waals surface area contributed by atoms with E-state index in [4.69, 9.17) is 21.7 Å². The molecule has 1 heterocycles. The highest BCUT2D eigenvalue weighted by atomic mass is 79.9. The van der Waals surface area contributed by atoms with Crippen LogP contribution in [0.1, 0.15) is 11.4 Å². The third-order valence-electron chi connectivity index (χ3n) is 3.47. The van der Waals surface area contributed by atoms with Crippen molar-refractivity contribution in [3.8, 4) is 17.2 Å². The van der Waals surface area contributed by atoms with Gasteiger partial charge in [0.05, 0.1) is 17.8 Å². The number of nitrogens with zero attached hydrogens (tertiary/aromatic N) is 3. The van der Waals surface area contributed by atoms with Gasteiger partial charge >= 0.3 is 0 Å². The third-order valence-corrected chi connectivity index (χ3v) is 4.57. The molecule has 0 aliphatic carbocycles. The largest absolute Gasteiger partial charge is 0.503 e. The van der Waals surface area contributed by atoms with Gasteiger partial charge in [0, 0.05) is 5.56 Å². The van der Waals surface area contributed by atoms with Gasteiger partial charge in [-0.25, -0.2) is 5.10 Å². The van der Waals surface area contributed by atoms with E-state index in [9.17, 15) is 5.11 Å². The van der Waals surface area contributed by atoms with Crippen molar-refractivity contribution in [2.45, 2.75) is 6.61 Å². The SMILES string of the molecule is COc1ccc(/C=N\n2c(COc3ccccc3)n[nH]c2=S)c(Br)c1O. The Morgan fingerprint density at radius 3 is 2.81 bits per heavy atom. The van der Waals surface area contributed by atoms with E-state index in [1.54, 1.807) is 18.3 Å². The molecule has 0 saturated heterocycles. The summed E-state index contributed by atoms with van der Waals surface area (Å²) in [5.74, 6) is 1.61. The molecule has 0 aliphatic rings. The molecule has 2 aromatic carbocycles. The number of ether oxygens (including phenoxy) is 2. The molecule has 134 valence electrons. The molecule has 0 aliphatic heterocycles. The second kappa shape index (κ2) is 8.15. The molecule has 0 atom stereocenters. The molecule has 0 radical (unpaired) electrons. The molecular formula is C17H15BrN4O3S. The van der Waals surface area contributed by atoms with Crippen molar-refractivity contribution in [1.29, 1.82) is 0 Å². The fraction of sp³-hybridized carbons (Fsp3) is 0.118. The molecule has 3 aromatic rings. The molecule has 0 unspecified atom stereocenters. The standard InChI is InChI=1S/C17H15BrN4O3S/c1-24-13-8-7-11(15(18)16(13)23)9-19-22-14(20-21-17(22)26)10-25-12-5-3-2-4-6-12/h2-9,23H,10H2,1H3,(H,21,26)/b19-9-. The third kappa shape index (κ3) is 3.94. The number of nitrogens with one attached hydrogen (secondary N) is 1. The van der Waals surface area contributed by atoms with E-state index in [-0.39, 0.29) is 12.4 Å². The van der Waals surface area contributed by atoms with Gasteiger partial charge in [0.25, 0.3) is 0 Å². The molecule has 7 nitrogen and oxygen atoms in total. The van der Waals surface area contributed by atoms with Crippen LogP contribution in [0.5, 0.6) is 17.2 Å². The Labute approximate surface area is 163 Å². The minimum absolute atomic E-state index is 0.000116. The minimum atomic E-state index is -0.000116. The van der Waals surface area contributed by atoms with Gasteiger partial charge in [0.1, 0.15) is 12.4 Å². The maximum atomic E-state index is 10.1. The summed E-state index contributed by atoms with van der Waals surface area (Å²) in [4.78, 5) is 0. The second-order valence-corrected chi connectivity index (χ2v) is 6.30. The van der Waals surface area contributed by atoms with Gasteiger partial charge in [-0.15, -0.1) is 0 Å². The molecule has 26 heavy (non-hydrogen) atoms. The van der Waals surface area contributed by atoms with E-state index in [0.29, 0.717) is 26.4 Å². The van der Waals surface area contributed by atoms with Gasteiger partial charge in [-0.3, -0.25) is 0 Å². The van der Waals surface area contributed by atoms with Crippen molar-refractivity contribution >= 4 is 34.4 Å². The maximum absolute atomic E-state index is 10.1. The van der Waals surface area contributed by atoms with Gasteiger partial charge < -0.3 is 14.6 Å². The minimum Gasteiger partial charge on any atom is -0.503 e. The lowest BCUT2D eigenvalue weighted by Gasteiger charge is -2.07. The molecule has 2 N–H and O–H groups in total. The summed E-state index contributed by atoms with van der Waals surface area (Å²) in [7, 11) is 1.49. The number of phenols is 1. The number of aromatic amines is 1. The Kier molecular flexibility index (Phi) is 5.69. The van der Waals surface area contributed by atoms with E-state index < -0.39 is 0 Å². The number of methoxy groups -OCH3 is 1. The zero-order chi connectivity index (χ0) is 18.5. The fourth-order valence-corrected chi connectivity index (χ4v) is 2.78. The highest BCUT2D eigenvalue weighted by Gasteiger charge is 2.10. The first-order valence-corrected chi connectivity index (χ1v) is 8.74. The predicted octanol–water partition coefficient (Wildman–Crippen LogP) is 3.88. The van der Waals surface area contributed by atoms with E-state index in [2.05, 4.69) is 31.2 Å². The zero-order valence-electron chi connectivity index (χ0n) is 13.7. The van der Waals surface area contributed by atoms with Crippen molar-refractivity contribution in [3.05, 3.63) is 63.1 Å². The first-order chi connectivity index (χ1) is 12.6. The summed E-state index contributed by atoms with van der Waals surface area (Å²) in [5, 5.41) is 21.2. The lowest BCUT2D eigenvalue weighted by Crippen LogP contribution is -2.04. The van der Waals surface area contributed by atoms with Crippen LogP contribution in [0.15, 0.2) is 52.0 Å². The average molecular weight is 435 g/mol. The lowest BCUT2D eigenvalue weighted by atomic mass is 10.2. The Morgan fingerprint density at radius 1 is 1.31 bits per heavy atom. The summed E-state index contributed by atoms with van der Waals surface area (Å²) in [5.41, 5.74) is 0.654. The van der Waals surface area contributed by atoms with Crippen LogP contribution >= 0.6 is 28.1 Å². The maximum Gasteiger partial charge on any atom is 0.216 e. The van der Waals surface area contributed by atoms with Gasteiger partial charge in [0.15, 0.2) is 17.3 Å². The van der Waals surface area contributed by atoms with Crippen LogP contribution in [0, 0.1) is 4.77 Å². The van der Waals surface area contributed by atoms with Crippen LogP contribution < -0.4 is 9.47 Å². The van der Waals surface area contributed by atoms with Crippen LogP contribution in [0.3, 0.4) is 0 Å². The molecule has 0 bridgehead atoms. The van der Waals surface area contributed by atoms with E-state index >= 15 is 0 Å². The first-order valence-electron chi connectivity index (χ1n) is 7.54. The number of aromatic hydroxyl groups is 1. The zero-order valence-corrected chi connectivity index (χ0v) is 16.1. The van der Waals surface area contributed by atoms with Crippen molar-refractivity contribution in [1.82, 2.24) is 14.9 Å². The number of hydrogen-bond acceptors (Lipinski definition) is 6. The van der Waals surface area contributed by atoms with Crippen molar-refractivity contribution < 1.29 is 14.6 Å². The monoisotopic (exact) mass is 434 g/mol. The first kappa shape index (κ1) is 18.2. The van der Waals surface area contributed by atoms with Crippen LogP contribution in [0.25, 0.3) is 0 Å². The van der Waals surface area contributed by atoms with Gasteiger partial charge in [0.2, 0.25) is 4.77 Å². The number of aromatic nitrogens is 3. The van der Waals surface area contributed by atoms with E-state index in [0.717, 1.165) is 5.75 Å². The Hall–Kier alpha value is -2.65. The number of H-pyrrole nitrogens is 1. The molecule has 0 saturated carbocycles. The van der Waals surface area contributed by atoms with Crippen LogP contribution in [0.4, 0.5) is 0 Å². The summed E-state index contributed by atoms with van der Waals surface area (Å²) in [6.45, 7) is 0.198. The van der Waals surface area contributed by atoms with Gasteiger partial charge in [-0.2, -0.15) is 14.9 Å². The second-order valence-electron chi connectivity index (χ2n) is 5.12. The number of phenolic OH excluding ortho intramolecular Hbond substituents is 1. The molecule has 1 aromatic heterocycles. The van der Waals surface area contributed by atoms with Crippen LogP contribution in [-0.4, -0.2) is 33.3 Å². The molecule has 0 amide bonds. The number of hydrogen-bond donors (Lipinski definition) is 2. The van der Waals surface area contributed by atoms with Gasteiger partial charge in [-0.05, 0) is 52.4 Å². The van der Waals surface area contributed by atoms with E-state index in [1.165, 1.54) is 11.8 Å². The lowest BCUT2D eigenvalue weighted by molar-refractivity contribution is 0.290. The number of rotatable bonds is 6. The van der Waals surface area contributed by atoms with Crippen molar-refractivity contribution in [3.63, 3.8) is 0 Å². The Balaban J connectivity index is 1.82. The Morgan fingerprint density at radius 2 is 2.08 bits per heavy atom. The highest BCUT2D eigenvalue weighted by Crippen LogP contribution is 2.35. The molecule has 0 fully saturated rings. The van der Waals surface area contributed by atoms with Crippen LogP contribution in [0.2, 0.25) is 0 Å². The highest BCUT2D eigenvalue weighted by molar-refractivity contribution is 9.10. The smallest absolute Gasteiger partial charge is 0.216 e. The quantitative estimate of drug-likeness (QED) is 0.454. The number of halogens is 1.